The van der Waals surface area contributed by atoms with Crippen LogP contribution in [0, 0.1) is 35.5 Å². The summed E-state index contributed by atoms with van der Waals surface area (Å²) in [6.45, 7) is 23.0. The van der Waals surface area contributed by atoms with Crippen molar-refractivity contribution in [2.24, 2.45) is 35.5 Å². The molecule has 3 fully saturated rings. The molecule has 3 nitrogen and oxygen atoms in total. The number of rotatable bonds is 8. The Morgan fingerprint density at radius 1 is 0.688 bits per heavy atom. The van der Waals surface area contributed by atoms with E-state index in [4.69, 9.17) is 14.2 Å². The Bertz CT molecular complexity index is 603. The van der Waals surface area contributed by atoms with E-state index < -0.39 is 0 Å². The van der Waals surface area contributed by atoms with Crippen molar-refractivity contribution < 1.29 is 14.2 Å². The second-order valence-electron chi connectivity index (χ2n) is 11.7. The molecule has 3 saturated heterocycles. The van der Waals surface area contributed by atoms with Gasteiger partial charge in [-0.1, -0.05) is 53.2 Å². The Hall–Kier alpha value is -0.380. The molecule has 186 valence electrons. The molecule has 0 spiro atoms. The summed E-state index contributed by atoms with van der Waals surface area (Å²) in [6.07, 6.45) is 10.3. The van der Waals surface area contributed by atoms with Gasteiger partial charge in [0.05, 0.1) is 36.6 Å². The van der Waals surface area contributed by atoms with Crippen LogP contribution in [-0.2, 0) is 14.2 Å². The molecule has 3 aliphatic rings. The van der Waals surface area contributed by atoms with Crippen molar-refractivity contribution in [1.82, 2.24) is 0 Å². The maximum absolute atomic E-state index is 6.66. The molecule has 12 atom stereocenters. The highest BCUT2D eigenvalue weighted by Crippen LogP contribution is 2.42. The first-order valence-electron chi connectivity index (χ1n) is 13.8. The molecule has 0 bridgehead atoms. The minimum Gasteiger partial charge on any atom is -0.375 e. The normalized spacial score (nSPS) is 47.7. The van der Waals surface area contributed by atoms with Gasteiger partial charge >= 0.3 is 0 Å². The van der Waals surface area contributed by atoms with Crippen molar-refractivity contribution in [2.75, 3.05) is 0 Å². The molecular weight excluding hydrogens is 396 g/mol. The predicted molar refractivity (Wildman–Crippen MR) is 134 cm³/mol. The van der Waals surface area contributed by atoms with Crippen molar-refractivity contribution in [1.29, 1.82) is 0 Å². The van der Waals surface area contributed by atoms with Gasteiger partial charge in [-0.05, 0) is 88.9 Å². The van der Waals surface area contributed by atoms with Gasteiger partial charge in [-0.3, -0.25) is 0 Å². The fourth-order valence-corrected chi connectivity index (χ4v) is 6.91. The Labute approximate surface area is 199 Å². The number of ether oxygens (including phenoxy) is 3. The van der Waals surface area contributed by atoms with Crippen LogP contribution in [0.4, 0.5) is 0 Å². The SMILES string of the molecule is C=C1CC(CC)OC(C)C1CCC1OC(C)C(CCCC2OC(C)C(C)C2C)C(C)C1C. The Balaban J connectivity index is 1.46. The molecule has 0 aromatic carbocycles. The molecule has 0 N–H and O–H groups in total. The summed E-state index contributed by atoms with van der Waals surface area (Å²) >= 11 is 0. The molecule has 12 unspecified atom stereocenters. The van der Waals surface area contributed by atoms with Crippen LogP contribution in [0.15, 0.2) is 12.2 Å². The lowest BCUT2D eigenvalue weighted by Gasteiger charge is -2.45. The fourth-order valence-electron chi connectivity index (χ4n) is 6.91. The third kappa shape index (κ3) is 5.81. The molecule has 0 radical (unpaired) electrons. The van der Waals surface area contributed by atoms with Gasteiger partial charge in [-0.15, -0.1) is 0 Å². The molecule has 3 rings (SSSR count). The first-order valence-corrected chi connectivity index (χ1v) is 13.8. The van der Waals surface area contributed by atoms with E-state index in [1.165, 1.54) is 24.8 Å². The summed E-state index contributed by atoms with van der Waals surface area (Å²) in [7, 11) is 0. The zero-order chi connectivity index (χ0) is 23.6. The lowest BCUT2D eigenvalue weighted by Crippen LogP contribution is -2.45. The maximum atomic E-state index is 6.66. The van der Waals surface area contributed by atoms with Crippen LogP contribution in [0.2, 0.25) is 0 Å². The first-order chi connectivity index (χ1) is 15.1. The van der Waals surface area contributed by atoms with Gasteiger partial charge in [0.1, 0.15) is 0 Å². The molecule has 3 aliphatic heterocycles. The van der Waals surface area contributed by atoms with Crippen molar-refractivity contribution in [3.05, 3.63) is 12.2 Å². The van der Waals surface area contributed by atoms with Crippen molar-refractivity contribution in [3.63, 3.8) is 0 Å². The van der Waals surface area contributed by atoms with Gasteiger partial charge in [0, 0.05) is 5.92 Å². The van der Waals surface area contributed by atoms with E-state index in [0.717, 1.165) is 25.7 Å². The van der Waals surface area contributed by atoms with Gasteiger partial charge in [0.15, 0.2) is 0 Å². The van der Waals surface area contributed by atoms with Crippen LogP contribution in [0.1, 0.15) is 100 Å². The highest BCUT2D eigenvalue weighted by Gasteiger charge is 2.41. The molecule has 3 heteroatoms. The summed E-state index contributed by atoms with van der Waals surface area (Å²) in [5, 5.41) is 0. The molecule has 0 aromatic heterocycles. The van der Waals surface area contributed by atoms with Gasteiger partial charge in [-0.2, -0.15) is 0 Å². The van der Waals surface area contributed by atoms with Gasteiger partial charge in [0.2, 0.25) is 0 Å². The summed E-state index contributed by atoms with van der Waals surface area (Å²) < 4.78 is 19.1. The third-order valence-electron chi connectivity index (χ3n) is 9.86. The van der Waals surface area contributed by atoms with Crippen molar-refractivity contribution >= 4 is 0 Å². The Morgan fingerprint density at radius 2 is 1.31 bits per heavy atom. The lowest BCUT2D eigenvalue weighted by atomic mass is 9.72. The predicted octanol–water partition coefficient (Wildman–Crippen LogP) is 7.43. The van der Waals surface area contributed by atoms with E-state index in [2.05, 4.69) is 62.0 Å². The maximum Gasteiger partial charge on any atom is 0.0616 e. The molecule has 0 aromatic rings. The highest BCUT2D eigenvalue weighted by atomic mass is 16.5. The van der Waals surface area contributed by atoms with Gasteiger partial charge in [-0.25, -0.2) is 0 Å². The third-order valence-corrected chi connectivity index (χ3v) is 9.86. The molecule has 0 aliphatic carbocycles. The van der Waals surface area contributed by atoms with Crippen molar-refractivity contribution in [3.8, 4) is 0 Å². The van der Waals surface area contributed by atoms with Crippen LogP contribution in [0.3, 0.4) is 0 Å². The summed E-state index contributed by atoms with van der Waals surface area (Å²) in [6, 6.07) is 0. The standard InChI is InChI=1S/C29H52O3/c1-10-25-16-17(2)26(23(8)30-25)14-15-29-21(6)19(4)27(24(9)32-29)12-11-13-28-20(5)18(3)22(7)31-28/h18-29H,2,10-16H2,1,3-9H3. The quantitative estimate of drug-likeness (QED) is 0.361. The average molecular weight is 449 g/mol. The zero-order valence-corrected chi connectivity index (χ0v) is 22.3. The lowest BCUT2D eigenvalue weighted by molar-refractivity contribution is -0.138. The van der Waals surface area contributed by atoms with E-state index in [9.17, 15) is 0 Å². The van der Waals surface area contributed by atoms with Crippen LogP contribution in [0.25, 0.3) is 0 Å². The van der Waals surface area contributed by atoms with Crippen LogP contribution in [-0.4, -0.2) is 36.6 Å². The van der Waals surface area contributed by atoms with Crippen molar-refractivity contribution in [2.45, 2.75) is 137 Å². The Morgan fingerprint density at radius 3 is 1.91 bits per heavy atom. The van der Waals surface area contributed by atoms with Crippen LogP contribution in [0.5, 0.6) is 0 Å². The molecule has 0 saturated carbocycles. The second-order valence-corrected chi connectivity index (χ2v) is 11.7. The number of hydrogen-bond donors (Lipinski definition) is 0. The number of hydrogen-bond acceptors (Lipinski definition) is 3. The smallest absolute Gasteiger partial charge is 0.0616 e. The monoisotopic (exact) mass is 448 g/mol. The molecule has 0 amide bonds. The molecular formula is C29H52O3. The zero-order valence-electron chi connectivity index (χ0n) is 22.3. The highest BCUT2D eigenvalue weighted by molar-refractivity contribution is 5.08. The minimum atomic E-state index is 0.285. The Kier molecular flexibility index (Phi) is 9.31. The molecule has 3 heterocycles. The van der Waals surface area contributed by atoms with E-state index in [-0.39, 0.29) is 6.10 Å². The van der Waals surface area contributed by atoms with E-state index >= 15 is 0 Å². The summed E-state index contributed by atoms with van der Waals surface area (Å²) in [4.78, 5) is 0. The topological polar surface area (TPSA) is 27.7 Å². The summed E-state index contributed by atoms with van der Waals surface area (Å²) in [5.74, 6) is 3.81. The largest absolute Gasteiger partial charge is 0.375 e. The molecule has 32 heavy (non-hydrogen) atoms. The van der Waals surface area contributed by atoms with Crippen LogP contribution < -0.4 is 0 Å². The van der Waals surface area contributed by atoms with E-state index in [1.54, 1.807) is 0 Å². The first kappa shape index (κ1) is 26.2. The second kappa shape index (κ2) is 11.4. The van der Waals surface area contributed by atoms with E-state index in [0.29, 0.717) is 66.0 Å². The van der Waals surface area contributed by atoms with Crippen LogP contribution >= 0.6 is 0 Å². The summed E-state index contributed by atoms with van der Waals surface area (Å²) in [5.41, 5.74) is 1.39. The average Bonchev–Trinajstić information content (AvgIpc) is 2.99. The van der Waals surface area contributed by atoms with E-state index in [1.807, 2.05) is 0 Å². The minimum absolute atomic E-state index is 0.285. The fraction of sp³-hybridized carbons (Fsp3) is 0.931. The van der Waals surface area contributed by atoms with Gasteiger partial charge < -0.3 is 14.2 Å². The van der Waals surface area contributed by atoms with Gasteiger partial charge in [0.25, 0.3) is 0 Å².